The average Bonchev–Trinajstić information content (AvgIpc) is 2.48. The van der Waals surface area contributed by atoms with Gasteiger partial charge in [0.25, 0.3) is 5.91 Å². The number of amides is 1. The van der Waals surface area contributed by atoms with Gasteiger partial charge in [0.05, 0.1) is 0 Å². The molecule has 0 aromatic heterocycles. The van der Waals surface area contributed by atoms with Crippen LogP contribution >= 0.6 is 0 Å². The van der Waals surface area contributed by atoms with Crippen LogP contribution in [0.2, 0.25) is 0 Å². The molecule has 0 bridgehead atoms. The lowest BCUT2D eigenvalue weighted by Gasteiger charge is -2.13. The van der Waals surface area contributed by atoms with E-state index in [-0.39, 0.29) is 11.7 Å². The first-order chi connectivity index (χ1) is 10.7. The van der Waals surface area contributed by atoms with Crippen molar-refractivity contribution in [3.05, 3.63) is 54.1 Å². The summed E-state index contributed by atoms with van der Waals surface area (Å²) < 4.78 is 40.0. The van der Waals surface area contributed by atoms with Gasteiger partial charge in [-0.2, -0.15) is 0 Å². The molecule has 23 heavy (non-hydrogen) atoms. The smallest absolute Gasteiger partial charge is 0.406 e. The van der Waals surface area contributed by atoms with Crippen LogP contribution < -0.4 is 15.0 Å². The van der Waals surface area contributed by atoms with E-state index in [1.165, 1.54) is 12.1 Å². The largest absolute Gasteiger partial charge is 0.573 e. The summed E-state index contributed by atoms with van der Waals surface area (Å²) in [6.07, 6.45) is -4.74. The van der Waals surface area contributed by atoms with Crippen molar-refractivity contribution >= 4 is 17.3 Å². The molecule has 0 heterocycles. The summed E-state index contributed by atoms with van der Waals surface area (Å²) in [6, 6.07) is 12.0. The Kier molecular flexibility index (Phi) is 4.78. The second-order valence-corrected chi connectivity index (χ2v) is 4.97. The minimum Gasteiger partial charge on any atom is -0.406 e. The van der Waals surface area contributed by atoms with Gasteiger partial charge in [0.2, 0.25) is 0 Å². The highest BCUT2D eigenvalue weighted by molar-refractivity contribution is 6.04. The highest BCUT2D eigenvalue weighted by Gasteiger charge is 2.30. The van der Waals surface area contributed by atoms with Crippen LogP contribution in [0.15, 0.2) is 48.5 Å². The van der Waals surface area contributed by atoms with E-state index in [0.717, 1.165) is 17.8 Å². The Morgan fingerprint density at radius 2 is 1.74 bits per heavy atom. The first-order valence-corrected chi connectivity index (χ1v) is 6.69. The maximum Gasteiger partial charge on any atom is 0.573 e. The molecule has 0 aliphatic carbocycles. The number of nitrogens with zero attached hydrogens (tertiary/aromatic N) is 1. The van der Waals surface area contributed by atoms with Gasteiger partial charge in [0.1, 0.15) is 5.75 Å². The molecule has 2 aromatic rings. The molecule has 0 unspecified atom stereocenters. The summed E-state index contributed by atoms with van der Waals surface area (Å²) in [7, 11) is 3.72. The van der Waals surface area contributed by atoms with Crippen molar-refractivity contribution in [3.8, 4) is 5.75 Å². The summed E-state index contributed by atoms with van der Waals surface area (Å²) >= 11 is 0. The number of anilines is 2. The van der Waals surface area contributed by atoms with Gasteiger partial charge in [-0.3, -0.25) is 4.79 Å². The Morgan fingerprint density at radius 3 is 2.30 bits per heavy atom. The van der Waals surface area contributed by atoms with E-state index >= 15 is 0 Å². The molecule has 0 atom stereocenters. The summed E-state index contributed by atoms with van der Waals surface area (Å²) in [4.78, 5) is 14.0. The third-order valence-electron chi connectivity index (χ3n) is 2.97. The van der Waals surface area contributed by atoms with Crippen molar-refractivity contribution < 1.29 is 22.7 Å². The molecule has 2 aromatic carbocycles. The highest BCUT2D eigenvalue weighted by Crippen LogP contribution is 2.24. The lowest BCUT2D eigenvalue weighted by Crippen LogP contribution is -2.17. The highest BCUT2D eigenvalue weighted by atomic mass is 19.4. The quantitative estimate of drug-likeness (QED) is 0.927. The maximum atomic E-state index is 12.2. The zero-order valence-electron chi connectivity index (χ0n) is 12.5. The molecule has 4 nitrogen and oxygen atoms in total. The van der Waals surface area contributed by atoms with Crippen LogP contribution in [-0.4, -0.2) is 26.4 Å². The molecule has 2 rings (SSSR count). The number of hydrogen-bond donors (Lipinski definition) is 1. The lowest BCUT2D eigenvalue weighted by molar-refractivity contribution is -0.274. The standard InChI is InChI=1S/C16H15F3N2O2/c1-21(2)13-5-3-4-11(10-13)15(22)20-12-6-8-14(9-7-12)23-16(17,18)19/h3-10H,1-2H3,(H,20,22). The van der Waals surface area contributed by atoms with Crippen LogP contribution in [0.5, 0.6) is 5.75 Å². The summed E-state index contributed by atoms with van der Waals surface area (Å²) in [5, 5.41) is 2.62. The Bertz CT molecular complexity index is 682. The van der Waals surface area contributed by atoms with Crippen LogP contribution in [0.1, 0.15) is 10.4 Å². The lowest BCUT2D eigenvalue weighted by atomic mass is 10.1. The van der Waals surface area contributed by atoms with Crippen molar-refractivity contribution in [1.82, 2.24) is 0 Å². The molecule has 122 valence electrons. The number of alkyl halides is 3. The van der Waals surface area contributed by atoms with Gasteiger partial charge in [-0.25, -0.2) is 0 Å². The van der Waals surface area contributed by atoms with Gasteiger partial charge >= 0.3 is 6.36 Å². The predicted molar refractivity (Wildman–Crippen MR) is 81.8 cm³/mol. The predicted octanol–water partition coefficient (Wildman–Crippen LogP) is 3.90. The SMILES string of the molecule is CN(C)c1cccc(C(=O)Nc2ccc(OC(F)(F)F)cc2)c1. The number of benzene rings is 2. The second-order valence-electron chi connectivity index (χ2n) is 4.97. The van der Waals surface area contributed by atoms with Crippen LogP contribution in [0.4, 0.5) is 24.5 Å². The van der Waals surface area contributed by atoms with Crippen molar-refractivity contribution in [2.24, 2.45) is 0 Å². The second kappa shape index (κ2) is 6.60. The zero-order chi connectivity index (χ0) is 17.0. The zero-order valence-corrected chi connectivity index (χ0v) is 12.5. The molecule has 0 radical (unpaired) electrons. The number of rotatable bonds is 4. The topological polar surface area (TPSA) is 41.6 Å². The first kappa shape index (κ1) is 16.7. The van der Waals surface area contributed by atoms with Crippen LogP contribution in [0, 0.1) is 0 Å². The summed E-state index contributed by atoms with van der Waals surface area (Å²) in [5.74, 6) is -0.691. The number of carbonyl (C=O) groups is 1. The number of nitrogens with one attached hydrogen (secondary N) is 1. The van der Waals surface area contributed by atoms with E-state index in [4.69, 9.17) is 0 Å². The van der Waals surface area contributed by atoms with E-state index in [1.807, 2.05) is 25.1 Å². The third-order valence-corrected chi connectivity index (χ3v) is 2.97. The van der Waals surface area contributed by atoms with Crippen LogP contribution in [0.25, 0.3) is 0 Å². The number of ether oxygens (including phenoxy) is 1. The number of halogens is 3. The van der Waals surface area contributed by atoms with Gasteiger partial charge in [0.15, 0.2) is 0 Å². The molecular formula is C16H15F3N2O2. The van der Waals surface area contributed by atoms with E-state index in [0.29, 0.717) is 11.3 Å². The monoisotopic (exact) mass is 324 g/mol. The maximum absolute atomic E-state index is 12.2. The van der Waals surface area contributed by atoms with Gasteiger partial charge < -0.3 is 15.0 Å². The molecule has 0 saturated carbocycles. The third kappa shape index (κ3) is 4.91. The molecular weight excluding hydrogens is 309 g/mol. The van der Waals surface area contributed by atoms with Crippen molar-refractivity contribution in [2.45, 2.75) is 6.36 Å². The molecule has 0 spiro atoms. The van der Waals surface area contributed by atoms with E-state index in [9.17, 15) is 18.0 Å². The Morgan fingerprint density at radius 1 is 1.09 bits per heavy atom. The summed E-state index contributed by atoms with van der Waals surface area (Å²) in [5.41, 5.74) is 1.69. The number of carbonyl (C=O) groups excluding carboxylic acids is 1. The van der Waals surface area contributed by atoms with E-state index in [1.54, 1.807) is 18.2 Å². The molecule has 0 saturated heterocycles. The van der Waals surface area contributed by atoms with Gasteiger partial charge in [-0.05, 0) is 42.5 Å². The average molecular weight is 324 g/mol. The first-order valence-electron chi connectivity index (χ1n) is 6.69. The van der Waals surface area contributed by atoms with Crippen LogP contribution in [0.3, 0.4) is 0 Å². The van der Waals surface area contributed by atoms with Gasteiger partial charge in [-0.1, -0.05) is 6.07 Å². The van der Waals surface area contributed by atoms with Crippen molar-refractivity contribution in [2.75, 3.05) is 24.3 Å². The van der Waals surface area contributed by atoms with Gasteiger partial charge in [-0.15, -0.1) is 13.2 Å². The minimum absolute atomic E-state index is 0.342. The number of hydrogen-bond acceptors (Lipinski definition) is 3. The summed E-state index contributed by atoms with van der Waals surface area (Å²) in [6.45, 7) is 0. The molecule has 0 fully saturated rings. The van der Waals surface area contributed by atoms with Crippen molar-refractivity contribution in [3.63, 3.8) is 0 Å². The Labute approximate surface area is 131 Å². The minimum atomic E-state index is -4.74. The molecule has 1 amide bonds. The fourth-order valence-electron chi connectivity index (χ4n) is 1.87. The van der Waals surface area contributed by atoms with Gasteiger partial charge in [0, 0.05) is 31.0 Å². The Hall–Kier alpha value is -2.70. The van der Waals surface area contributed by atoms with E-state index in [2.05, 4.69) is 10.1 Å². The van der Waals surface area contributed by atoms with Crippen LogP contribution in [-0.2, 0) is 0 Å². The van der Waals surface area contributed by atoms with E-state index < -0.39 is 6.36 Å². The Balaban J connectivity index is 2.07. The fourth-order valence-corrected chi connectivity index (χ4v) is 1.87. The molecule has 1 N–H and O–H groups in total. The normalized spacial score (nSPS) is 11.0. The molecule has 0 aliphatic heterocycles. The molecule has 7 heteroatoms. The fraction of sp³-hybridized carbons (Fsp3) is 0.188. The van der Waals surface area contributed by atoms with Crippen molar-refractivity contribution in [1.29, 1.82) is 0 Å². The molecule has 0 aliphatic rings.